The van der Waals surface area contributed by atoms with Crippen LogP contribution in [-0.2, 0) is 4.79 Å². The van der Waals surface area contributed by atoms with Gasteiger partial charge in [0.15, 0.2) is 11.9 Å². The van der Waals surface area contributed by atoms with Crippen molar-refractivity contribution in [2.75, 3.05) is 5.32 Å². The summed E-state index contributed by atoms with van der Waals surface area (Å²) in [5, 5.41) is 6.61. The topological polar surface area (TPSA) is 107 Å². The van der Waals surface area contributed by atoms with Crippen molar-refractivity contribution in [3.8, 4) is 5.75 Å². The second kappa shape index (κ2) is 7.15. The van der Waals surface area contributed by atoms with Gasteiger partial charge in [-0.1, -0.05) is 23.7 Å². The van der Waals surface area contributed by atoms with E-state index in [4.69, 9.17) is 26.6 Å². The summed E-state index contributed by atoms with van der Waals surface area (Å²) >= 11 is 5.84. The maximum Gasteiger partial charge on any atom is 0.266 e. The maximum absolute atomic E-state index is 12.2. The summed E-state index contributed by atoms with van der Waals surface area (Å²) in [6.45, 7) is 3.49. The second-order valence-corrected chi connectivity index (χ2v) is 5.27. The van der Waals surface area contributed by atoms with Crippen molar-refractivity contribution in [2.24, 2.45) is 5.73 Å². The van der Waals surface area contributed by atoms with Gasteiger partial charge in [-0.25, -0.2) is 0 Å². The van der Waals surface area contributed by atoms with Gasteiger partial charge in [0.2, 0.25) is 0 Å². The van der Waals surface area contributed by atoms with Crippen LogP contribution in [0.3, 0.4) is 0 Å². The molecule has 1 heterocycles. The molecule has 122 valence electrons. The number of nitrogens with zero attached hydrogens (tertiary/aromatic N) is 1. The number of halogens is 1. The van der Waals surface area contributed by atoms with Gasteiger partial charge in [-0.3, -0.25) is 9.59 Å². The van der Waals surface area contributed by atoms with Crippen molar-refractivity contribution in [1.29, 1.82) is 0 Å². The summed E-state index contributed by atoms with van der Waals surface area (Å²) < 4.78 is 10.5. The lowest BCUT2D eigenvalue weighted by Gasteiger charge is -2.18. The monoisotopic (exact) mass is 337 g/mol. The Kier molecular flexibility index (Phi) is 5.23. The highest BCUT2D eigenvalue weighted by molar-refractivity contribution is 6.31. The number of hydrogen-bond acceptors (Lipinski definition) is 5. The highest BCUT2D eigenvalue weighted by atomic mass is 35.5. The van der Waals surface area contributed by atoms with Gasteiger partial charge in [-0.15, -0.1) is 0 Å². The summed E-state index contributed by atoms with van der Waals surface area (Å²) in [5.41, 5.74) is 5.41. The Bertz CT molecular complexity index is 729. The lowest BCUT2D eigenvalue weighted by molar-refractivity contribution is -0.122. The van der Waals surface area contributed by atoms with E-state index in [1.807, 2.05) is 0 Å². The molecule has 2 aromatic rings. The molecule has 0 aliphatic carbocycles. The molecule has 2 rings (SSSR count). The van der Waals surface area contributed by atoms with E-state index in [-0.39, 0.29) is 11.3 Å². The molecule has 1 atom stereocenters. The molecule has 0 aliphatic rings. The second-order valence-electron chi connectivity index (χ2n) is 4.83. The molecule has 0 saturated carbocycles. The van der Waals surface area contributed by atoms with Crippen LogP contribution in [0.15, 0.2) is 28.8 Å². The molecule has 0 fully saturated rings. The summed E-state index contributed by atoms with van der Waals surface area (Å²) in [5.74, 6) is -0.0416. The third kappa shape index (κ3) is 4.23. The third-order valence-corrected chi connectivity index (χ3v) is 3.25. The number of carbonyl (C=O) groups is 2. The van der Waals surface area contributed by atoms with Crippen molar-refractivity contribution >= 4 is 29.2 Å². The standard InChI is InChI=1S/C15H16ClN3O4/c1-3-11(15(21)18-13-6-8(2)23-19-13)22-12-5-4-9(16)7-10(12)14(17)20/h4-7,11H,3H2,1-2H3,(H2,17,20)(H,18,19,21). The Labute approximate surface area is 137 Å². The fraction of sp³-hybridized carbons (Fsp3) is 0.267. The molecule has 23 heavy (non-hydrogen) atoms. The van der Waals surface area contributed by atoms with Crippen LogP contribution in [0.4, 0.5) is 5.82 Å². The number of primary amides is 1. The zero-order valence-electron chi connectivity index (χ0n) is 12.6. The number of ether oxygens (including phenoxy) is 1. The zero-order chi connectivity index (χ0) is 17.0. The van der Waals surface area contributed by atoms with E-state index < -0.39 is 17.9 Å². The molecule has 0 saturated heterocycles. The number of nitrogens with two attached hydrogens (primary N) is 1. The van der Waals surface area contributed by atoms with Crippen LogP contribution in [-0.4, -0.2) is 23.1 Å². The number of aryl methyl sites for hydroxylation is 1. The molecule has 1 aromatic heterocycles. The summed E-state index contributed by atoms with van der Waals surface area (Å²) in [7, 11) is 0. The van der Waals surface area contributed by atoms with Gasteiger partial charge in [0.1, 0.15) is 11.5 Å². The number of hydrogen-bond donors (Lipinski definition) is 2. The highest BCUT2D eigenvalue weighted by Crippen LogP contribution is 2.24. The van der Waals surface area contributed by atoms with Crippen molar-refractivity contribution in [3.05, 3.63) is 40.6 Å². The van der Waals surface area contributed by atoms with Crippen LogP contribution < -0.4 is 15.8 Å². The average Bonchev–Trinajstić information content (AvgIpc) is 2.90. The lowest BCUT2D eigenvalue weighted by Crippen LogP contribution is -2.33. The van der Waals surface area contributed by atoms with Crippen molar-refractivity contribution < 1.29 is 18.8 Å². The van der Waals surface area contributed by atoms with E-state index in [9.17, 15) is 9.59 Å². The van der Waals surface area contributed by atoms with Gasteiger partial charge >= 0.3 is 0 Å². The van der Waals surface area contributed by atoms with E-state index in [2.05, 4.69) is 10.5 Å². The molecular weight excluding hydrogens is 322 g/mol. The van der Waals surface area contributed by atoms with Crippen LogP contribution in [0.25, 0.3) is 0 Å². The fourth-order valence-electron chi connectivity index (χ4n) is 1.91. The molecule has 1 aromatic carbocycles. The molecule has 7 nitrogen and oxygen atoms in total. The van der Waals surface area contributed by atoms with Gasteiger partial charge in [-0.05, 0) is 31.5 Å². The Morgan fingerprint density at radius 1 is 1.43 bits per heavy atom. The Morgan fingerprint density at radius 2 is 2.17 bits per heavy atom. The number of anilines is 1. The van der Waals surface area contributed by atoms with Gasteiger partial charge in [0.05, 0.1) is 5.56 Å². The highest BCUT2D eigenvalue weighted by Gasteiger charge is 2.22. The summed E-state index contributed by atoms with van der Waals surface area (Å²) in [4.78, 5) is 23.7. The van der Waals surface area contributed by atoms with E-state index in [0.717, 1.165) is 0 Å². The third-order valence-electron chi connectivity index (χ3n) is 3.02. The van der Waals surface area contributed by atoms with Crippen LogP contribution in [0.1, 0.15) is 29.5 Å². The molecule has 8 heteroatoms. The first-order chi connectivity index (χ1) is 10.9. The smallest absolute Gasteiger partial charge is 0.266 e. The van der Waals surface area contributed by atoms with E-state index >= 15 is 0 Å². The van der Waals surface area contributed by atoms with Crippen molar-refractivity contribution in [1.82, 2.24) is 5.16 Å². The predicted octanol–water partition coefficient (Wildman–Crippen LogP) is 2.53. The lowest BCUT2D eigenvalue weighted by atomic mass is 10.2. The number of aromatic nitrogens is 1. The number of benzene rings is 1. The van der Waals surface area contributed by atoms with Crippen molar-refractivity contribution in [2.45, 2.75) is 26.4 Å². The van der Waals surface area contributed by atoms with E-state index in [1.165, 1.54) is 12.1 Å². The van der Waals surface area contributed by atoms with Crippen LogP contribution in [0.5, 0.6) is 5.75 Å². The van der Waals surface area contributed by atoms with Crippen LogP contribution in [0.2, 0.25) is 5.02 Å². The number of rotatable bonds is 6. The number of amides is 2. The maximum atomic E-state index is 12.2. The first-order valence-electron chi connectivity index (χ1n) is 6.91. The molecule has 0 radical (unpaired) electrons. The van der Waals surface area contributed by atoms with Crippen molar-refractivity contribution in [3.63, 3.8) is 0 Å². The van der Waals surface area contributed by atoms with E-state index in [0.29, 0.717) is 23.0 Å². The summed E-state index contributed by atoms with van der Waals surface area (Å²) in [6.07, 6.45) is -0.449. The van der Waals surface area contributed by atoms with E-state index in [1.54, 1.807) is 26.0 Å². The molecule has 2 amide bonds. The summed E-state index contributed by atoms with van der Waals surface area (Å²) in [6, 6.07) is 6.03. The molecule has 3 N–H and O–H groups in total. The van der Waals surface area contributed by atoms with Crippen LogP contribution >= 0.6 is 11.6 Å². The first-order valence-corrected chi connectivity index (χ1v) is 7.28. The van der Waals surface area contributed by atoms with Gasteiger partial charge < -0.3 is 20.3 Å². The van der Waals surface area contributed by atoms with Gasteiger partial charge in [0.25, 0.3) is 11.8 Å². The number of nitrogens with one attached hydrogen (secondary N) is 1. The average molecular weight is 338 g/mol. The minimum Gasteiger partial charge on any atom is -0.480 e. The fourth-order valence-corrected chi connectivity index (χ4v) is 2.08. The molecule has 0 aliphatic heterocycles. The largest absolute Gasteiger partial charge is 0.480 e. The molecule has 0 spiro atoms. The Balaban J connectivity index is 2.16. The predicted molar refractivity (Wildman–Crippen MR) is 84.5 cm³/mol. The van der Waals surface area contributed by atoms with Gasteiger partial charge in [0, 0.05) is 11.1 Å². The normalized spacial score (nSPS) is 11.8. The SMILES string of the molecule is CCC(Oc1ccc(Cl)cc1C(N)=O)C(=O)Nc1cc(C)on1. The van der Waals surface area contributed by atoms with Crippen LogP contribution in [0, 0.1) is 6.92 Å². The zero-order valence-corrected chi connectivity index (χ0v) is 13.4. The number of carbonyl (C=O) groups excluding carboxylic acids is 2. The quantitative estimate of drug-likeness (QED) is 0.842. The minimum absolute atomic E-state index is 0.112. The molecule has 1 unspecified atom stereocenters. The molecular formula is C15H16ClN3O4. The Morgan fingerprint density at radius 3 is 2.74 bits per heavy atom. The molecule has 0 bridgehead atoms. The van der Waals surface area contributed by atoms with Gasteiger partial charge in [-0.2, -0.15) is 0 Å². The first kappa shape index (κ1) is 16.8. The minimum atomic E-state index is -0.828. The Hall–Kier alpha value is -2.54.